The largest absolute Gasteiger partial charge is 0.467 e. The Bertz CT molecular complexity index is 734. The quantitative estimate of drug-likeness (QED) is 0.588. The zero-order valence-electron chi connectivity index (χ0n) is 14.9. The van der Waals surface area contributed by atoms with Gasteiger partial charge in [0.25, 0.3) is 11.1 Å². The molecule has 0 radical (unpaired) electrons. The van der Waals surface area contributed by atoms with E-state index >= 15 is 0 Å². The van der Waals surface area contributed by atoms with Gasteiger partial charge in [-0.3, -0.25) is 14.5 Å². The molecule has 2 saturated heterocycles. The van der Waals surface area contributed by atoms with Crippen LogP contribution in [0.2, 0.25) is 0 Å². The summed E-state index contributed by atoms with van der Waals surface area (Å²) in [6.45, 7) is 3.38. The monoisotopic (exact) mass is 378 g/mol. The Hall–Kier alpha value is -2.22. The van der Waals surface area contributed by atoms with Crippen molar-refractivity contribution < 1.29 is 23.5 Å². The highest BCUT2D eigenvalue weighted by atomic mass is 32.2. The Kier molecular flexibility index (Phi) is 5.70. The van der Waals surface area contributed by atoms with Gasteiger partial charge in [0.15, 0.2) is 5.88 Å². The average Bonchev–Trinajstić information content (AvgIpc) is 3.07. The highest BCUT2D eigenvalue weighted by molar-refractivity contribution is 8.18. The minimum Gasteiger partial charge on any atom is -0.467 e. The molecule has 3 heterocycles. The predicted octanol–water partition coefficient (Wildman–Crippen LogP) is 3.26. The predicted molar refractivity (Wildman–Crippen MR) is 98.7 cm³/mol. The number of amides is 2. The molecule has 2 fully saturated rings. The topological polar surface area (TPSA) is 80.1 Å². The fourth-order valence-corrected chi connectivity index (χ4v) is 3.99. The molecule has 1 aromatic heterocycles. The molecule has 0 bridgehead atoms. The van der Waals surface area contributed by atoms with Gasteiger partial charge in [0.2, 0.25) is 0 Å². The number of nitrogens with zero attached hydrogens (tertiary/aromatic N) is 2. The number of hydrogen-bond acceptors (Lipinski definition) is 7. The van der Waals surface area contributed by atoms with E-state index in [0.29, 0.717) is 5.76 Å². The molecule has 0 unspecified atom stereocenters. The number of thioether (sulfide) groups is 1. The Morgan fingerprint density at radius 1 is 1.23 bits per heavy atom. The lowest BCUT2D eigenvalue weighted by Gasteiger charge is -2.18. The van der Waals surface area contributed by atoms with Crippen LogP contribution in [-0.4, -0.2) is 48.3 Å². The maximum Gasteiger partial charge on any atom is 0.328 e. The van der Waals surface area contributed by atoms with E-state index in [1.807, 2.05) is 6.07 Å². The van der Waals surface area contributed by atoms with Crippen LogP contribution in [0, 0.1) is 0 Å². The molecule has 2 aliphatic heterocycles. The van der Waals surface area contributed by atoms with Crippen LogP contribution in [0.5, 0.6) is 0 Å². The van der Waals surface area contributed by atoms with Gasteiger partial charge < -0.3 is 14.1 Å². The molecule has 7 nitrogen and oxygen atoms in total. The van der Waals surface area contributed by atoms with Gasteiger partial charge >= 0.3 is 5.97 Å². The van der Waals surface area contributed by atoms with Crippen LogP contribution in [0.1, 0.15) is 38.4 Å². The van der Waals surface area contributed by atoms with Crippen LogP contribution in [0.25, 0.3) is 6.08 Å². The van der Waals surface area contributed by atoms with Crippen LogP contribution in [0.4, 0.5) is 10.7 Å². The Labute approximate surface area is 156 Å². The van der Waals surface area contributed by atoms with Gasteiger partial charge in [0.05, 0.1) is 12.0 Å². The summed E-state index contributed by atoms with van der Waals surface area (Å²) >= 11 is 0.798. The highest BCUT2D eigenvalue weighted by Crippen LogP contribution is 2.34. The standard InChI is InChI=1S/C18H22N2O5S/c1-12(17(22)24-2)20-16(21)14(26-18(20)23)11-13-7-8-15(25-13)19-9-5-3-4-6-10-19/h7-8,11-12H,3-6,9-10H2,1-2H3/b14-11-/t12-/m1/s1. The van der Waals surface area contributed by atoms with Crippen LogP contribution >= 0.6 is 11.8 Å². The van der Waals surface area contributed by atoms with E-state index in [4.69, 9.17) is 4.42 Å². The van der Waals surface area contributed by atoms with Gasteiger partial charge in [-0.1, -0.05) is 12.8 Å². The van der Waals surface area contributed by atoms with E-state index in [-0.39, 0.29) is 4.91 Å². The van der Waals surface area contributed by atoms with E-state index < -0.39 is 23.2 Å². The first-order valence-electron chi connectivity index (χ1n) is 8.71. The van der Waals surface area contributed by atoms with Crippen molar-refractivity contribution in [3.8, 4) is 0 Å². The number of rotatable bonds is 4. The first-order chi connectivity index (χ1) is 12.5. The molecular weight excluding hydrogens is 356 g/mol. The molecule has 1 atom stereocenters. The number of ether oxygens (including phenoxy) is 1. The summed E-state index contributed by atoms with van der Waals surface area (Å²) in [5, 5.41) is -0.488. The van der Waals surface area contributed by atoms with E-state index in [1.165, 1.54) is 26.9 Å². The second-order valence-corrected chi connectivity index (χ2v) is 7.32. The number of anilines is 1. The van der Waals surface area contributed by atoms with Crippen molar-refractivity contribution in [2.75, 3.05) is 25.1 Å². The van der Waals surface area contributed by atoms with E-state index in [2.05, 4.69) is 9.64 Å². The third-order valence-corrected chi connectivity index (χ3v) is 5.44. The third kappa shape index (κ3) is 3.80. The van der Waals surface area contributed by atoms with Gasteiger partial charge in [0.1, 0.15) is 11.8 Å². The SMILES string of the molecule is COC(=O)[C@@H](C)N1C(=O)S/C(=C\c2ccc(N3CCCCCC3)o2)C1=O. The maximum atomic E-state index is 12.5. The summed E-state index contributed by atoms with van der Waals surface area (Å²) in [6, 6.07) is 2.72. The minimum atomic E-state index is -0.956. The first kappa shape index (κ1) is 18.6. The third-order valence-electron chi connectivity index (χ3n) is 4.56. The summed E-state index contributed by atoms with van der Waals surface area (Å²) < 4.78 is 10.5. The second kappa shape index (κ2) is 7.99. The van der Waals surface area contributed by atoms with Gasteiger partial charge in [-0.05, 0) is 37.6 Å². The fourth-order valence-electron chi connectivity index (χ4n) is 3.10. The minimum absolute atomic E-state index is 0.238. The molecule has 0 N–H and O–H groups in total. The van der Waals surface area contributed by atoms with E-state index in [9.17, 15) is 14.4 Å². The van der Waals surface area contributed by atoms with Crippen molar-refractivity contribution >= 4 is 40.8 Å². The second-order valence-electron chi connectivity index (χ2n) is 6.33. The maximum absolute atomic E-state index is 12.5. The van der Waals surface area contributed by atoms with Crippen molar-refractivity contribution in [1.82, 2.24) is 4.90 Å². The summed E-state index contributed by atoms with van der Waals surface area (Å²) in [5.74, 6) is 0.154. The lowest BCUT2D eigenvalue weighted by Crippen LogP contribution is -2.42. The average molecular weight is 378 g/mol. The van der Waals surface area contributed by atoms with Gasteiger partial charge in [-0.15, -0.1) is 0 Å². The summed E-state index contributed by atoms with van der Waals surface area (Å²) in [4.78, 5) is 39.6. The van der Waals surface area contributed by atoms with Crippen molar-refractivity contribution in [3.05, 3.63) is 22.8 Å². The van der Waals surface area contributed by atoms with Gasteiger partial charge in [-0.2, -0.15) is 0 Å². The Morgan fingerprint density at radius 2 is 1.92 bits per heavy atom. The highest BCUT2D eigenvalue weighted by Gasteiger charge is 2.41. The van der Waals surface area contributed by atoms with Crippen LogP contribution in [-0.2, 0) is 14.3 Å². The molecule has 0 aliphatic carbocycles. The molecule has 2 aliphatic rings. The number of carbonyl (C=O) groups excluding carboxylic acids is 3. The molecular formula is C18H22N2O5S. The van der Waals surface area contributed by atoms with E-state index in [1.54, 1.807) is 12.1 Å². The summed E-state index contributed by atoms with van der Waals surface area (Å²) in [6.07, 6.45) is 6.29. The first-order valence-corrected chi connectivity index (χ1v) is 9.52. The van der Waals surface area contributed by atoms with Gasteiger partial charge in [0, 0.05) is 25.2 Å². The molecule has 140 valence electrons. The number of hydrogen-bond donors (Lipinski definition) is 0. The van der Waals surface area contributed by atoms with Crippen molar-refractivity contribution in [2.45, 2.75) is 38.6 Å². The Morgan fingerprint density at radius 3 is 2.58 bits per heavy atom. The molecule has 0 spiro atoms. The number of furan rings is 1. The van der Waals surface area contributed by atoms with Crippen LogP contribution in [0.15, 0.2) is 21.5 Å². The smallest absolute Gasteiger partial charge is 0.328 e. The molecule has 26 heavy (non-hydrogen) atoms. The number of imide groups is 1. The molecule has 3 rings (SSSR count). The van der Waals surface area contributed by atoms with E-state index in [0.717, 1.165) is 48.5 Å². The molecule has 2 amide bonds. The van der Waals surface area contributed by atoms with Gasteiger partial charge in [-0.25, -0.2) is 4.79 Å². The number of methoxy groups -OCH3 is 1. The van der Waals surface area contributed by atoms with Crippen LogP contribution in [0.3, 0.4) is 0 Å². The number of carbonyl (C=O) groups is 3. The zero-order chi connectivity index (χ0) is 18.7. The molecule has 8 heteroatoms. The lowest BCUT2D eigenvalue weighted by molar-refractivity contribution is -0.148. The molecule has 0 saturated carbocycles. The molecule has 0 aromatic carbocycles. The fraction of sp³-hybridized carbons (Fsp3) is 0.500. The zero-order valence-corrected chi connectivity index (χ0v) is 15.7. The normalized spacial score (nSPS) is 21.2. The number of esters is 1. The lowest BCUT2D eigenvalue weighted by atomic mass is 10.2. The van der Waals surface area contributed by atoms with Crippen molar-refractivity contribution in [1.29, 1.82) is 0 Å². The summed E-state index contributed by atoms with van der Waals surface area (Å²) in [7, 11) is 1.22. The van der Waals surface area contributed by atoms with Crippen molar-refractivity contribution in [2.24, 2.45) is 0 Å². The molecule has 1 aromatic rings. The van der Waals surface area contributed by atoms with Crippen molar-refractivity contribution in [3.63, 3.8) is 0 Å². The van der Waals surface area contributed by atoms with Crippen LogP contribution < -0.4 is 4.90 Å². The summed E-state index contributed by atoms with van der Waals surface area (Å²) in [5.41, 5.74) is 0. The Balaban J connectivity index is 1.75.